The van der Waals surface area contributed by atoms with E-state index in [1.165, 1.54) is 6.20 Å². The number of aliphatic hydroxyl groups is 1. The van der Waals surface area contributed by atoms with E-state index in [2.05, 4.69) is 9.97 Å². The lowest BCUT2D eigenvalue weighted by Crippen LogP contribution is -2.04. The SMILES string of the molecule is CCC(CO)c1ncc(-c2cc(F)ccc2F)[nH]1. The van der Waals surface area contributed by atoms with E-state index in [4.69, 9.17) is 5.11 Å². The minimum Gasteiger partial charge on any atom is -0.396 e. The summed E-state index contributed by atoms with van der Waals surface area (Å²) in [5.41, 5.74) is 0.551. The average Bonchev–Trinajstić information content (AvgIpc) is 2.83. The summed E-state index contributed by atoms with van der Waals surface area (Å²) in [5, 5.41) is 9.16. The Morgan fingerprint density at radius 1 is 1.39 bits per heavy atom. The van der Waals surface area contributed by atoms with Crippen LogP contribution in [0.1, 0.15) is 25.1 Å². The fourth-order valence-corrected chi connectivity index (χ4v) is 1.79. The van der Waals surface area contributed by atoms with Crippen LogP contribution in [0.2, 0.25) is 0 Å². The Morgan fingerprint density at radius 3 is 2.83 bits per heavy atom. The summed E-state index contributed by atoms with van der Waals surface area (Å²) in [7, 11) is 0. The van der Waals surface area contributed by atoms with E-state index in [1.807, 2.05) is 6.92 Å². The molecule has 2 N–H and O–H groups in total. The number of imidazole rings is 1. The molecule has 5 heteroatoms. The van der Waals surface area contributed by atoms with E-state index in [9.17, 15) is 8.78 Å². The lowest BCUT2D eigenvalue weighted by Gasteiger charge is -2.07. The summed E-state index contributed by atoms with van der Waals surface area (Å²) in [6, 6.07) is 3.26. The van der Waals surface area contributed by atoms with Crippen molar-refractivity contribution in [3.05, 3.63) is 41.9 Å². The smallest absolute Gasteiger partial charge is 0.132 e. The third-order valence-corrected chi connectivity index (χ3v) is 2.91. The third kappa shape index (κ3) is 2.41. The van der Waals surface area contributed by atoms with Crippen LogP contribution in [-0.4, -0.2) is 21.7 Å². The van der Waals surface area contributed by atoms with Crippen LogP contribution in [0.15, 0.2) is 24.4 Å². The molecule has 0 bridgehead atoms. The molecule has 0 spiro atoms. The molecular weight excluding hydrogens is 238 g/mol. The second-order valence-corrected chi connectivity index (χ2v) is 4.09. The number of H-pyrrole nitrogens is 1. The summed E-state index contributed by atoms with van der Waals surface area (Å²) in [6.45, 7) is 1.89. The molecule has 3 nitrogen and oxygen atoms in total. The molecule has 2 aromatic rings. The minimum atomic E-state index is -0.511. The van der Waals surface area contributed by atoms with Crippen LogP contribution >= 0.6 is 0 Å². The van der Waals surface area contributed by atoms with Gasteiger partial charge in [0.1, 0.15) is 17.5 Å². The fourth-order valence-electron chi connectivity index (χ4n) is 1.79. The lowest BCUT2D eigenvalue weighted by molar-refractivity contribution is 0.258. The van der Waals surface area contributed by atoms with Crippen LogP contribution < -0.4 is 0 Å². The second kappa shape index (κ2) is 5.27. The van der Waals surface area contributed by atoms with E-state index in [0.29, 0.717) is 11.5 Å². The van der Waals surface area contributed by atoms with Gasteiger partial charge in [0.15, 0.2) is 0 Å². The van der Waals surface area contributed by atoms with E-state index < -0.39 is 11.6 Å². The molecule has 0 saturated heterocycles. The van der Waals surface area contributed by atoms with Gasteiger partial charge in [0.05, 0.1) is 18.5 Å². The monoisotopic (exact) mass is 252 g/mol. The highest BCUT2D eigenvalue weighted by atomic mass is 19.1. The number of halogens is 2. The number of rotatable bonds is 4. The molecule has 1 aromatic carbocycles. The van der Waals surface area contributed by atoms with Gasteiger partial charge >= 0.3 is 0 Å². The highest BCUT2D eigenvalue weighted by Gasteiger charge is 2.14. The third-order valence-electron chi connectivity index (χ3n) is 2.91. The van der Waals surface area contributed by atoms with Crippen LogP contribution in [0.3, 0.4) is 0 Å². The molecule has 1 heterocycles. The van der Waals surface area contributed by atoms with Crippen molar-refractivity contribution in [1.29, 1.82) is 0 Å². The Kier molecular flexibility index (Phi) is 3.72. The van der Waals surface area contributed by atoms with Crippen molar-refractivity contribution >= 4 is 0 Å². The van der Waals surface area contributed by atoms with Gasteiger partial charge in [-0.15, -0.1) is 0 Å². The Balaban J connectivity index is 2.37. The standard InChI is InChI=1S/C13H14F2N2O/c1-2-8(7-18)13-16-6-12(17-13)10-5-9(14)3-4-11(10)15/h3-6,8,18H,2,7H2,1H3,(H,16,17). The maximum atomic E-state index is 13.6. The van der Waals surface area contributed by atoms with Crippen LogP contribution in [0.25, 0.3) is 11.3 Å². The Morgan fingerprint density at radius 2 is 2.17 bits per heavy atom. The average molecular weight is 252 g/mol. The molecule has 0 aliphatic rings. The van der Waals surface area contributed by atoms with Gasteiger partial charge in [0, 0.05) is 11.5 Å². The fraction of sp³-hybridized carbons (Fsp3) is 0.308. The van der Waals surface area contributed by atoms with Gasteiger partial charge in [-0.2, -0.15) is 0 Å². The number of aromatic nitrogens is 2. The molecule has 0 fully saturated rings. The Labute approximate surface area is 104 Å². The highest BCUT2D eigenvalue weighted by molar-refractivity contribution is 5.59. The quantitative estimate of drug-likeness (QED) is 0.879. The minimum absolute atomic E-state index is 0.0327. The highest BCUT2D eigenvalue weighted by Crippen LogP contribution is 2.24. The van der Waals surface area contributed by atoms with Gasteiger partial charge in [-0.1, -0.05) is 6.92 Å². The zero-order valence-corrected chi connectivity index (χ0v) is 9.95. The second-order valence-electron chi connectivity index (χ2n) is 4.09. The van der Waals surface area contributed by atoms with Gasteiger partial charge < -0.3 is 10.1 Å². The number of aliphatic hydroxyl groups excluding tert-OH is 1. The van der Waals surface area contributed by atoms with Gasteiger partial charge in [0.2, 0.25) is 0 Å². The number of benzene rings is 1. The molecule has 1 unspecified atom stereocenters. The first-order valence-corrected chi connectivity index (χ1v) is 5.76. The predicted octanol–water partition coefficient (Wildman–Crippen LogP) is 2.84. The molecule has 2 rings (SSSR count). The van der Waals surface area contributed by atoms with E-state index in [-0.39, 0.29) is 18.1 Å². The molecule has 0 radical (unpaired) electrons. The number of hydrogen-bond donors (Lipinski definition) is 2. The van der Waals surface area contributed by atoms with Crippen LogP contribution in [0.5, 0.6) is 0 Å². The van der Waals surface area contributed by atoms with Crippen molar-refractivity contribution in [2.75, 3.05) is 6.61 Å². The number of aromatic amines is 1. The first-order valence-electron chi connectivity index (χ1n) is 5.76. The zero-order valence-electron chi connectivity index (χ0n) is 9.95. The Hall–Kier alpha value is -1.75. The normalized spacial score (nSPS) is 12.7. The molecular formula is C13H14F2N2O. The Bertz CT molecular complexity index is 536. The molecule has 1 aromatic heterocycles. The first kappa shape index (κ1) is 12.7. The maximum absolute atomic E-state index is 13.6. The van der Waals surface area contributed by atoms with Gasteiger partial charge in [0.25, 0.3) is 0 Å². The van der Waals surface area contributed by atoms with Crippen LogP contribution in [0, 0.1) is 11.6 Å². The van der Waals surface area contributed by atoms with Crippen molar-refractivity contribution < 1.29 is 13.9 Å². The van der Waals surface area contributed by atoms with E-state index in [0.717, 1.165) is 24.6 Å². The van der Waals surface area contributed by atoms with Crippen LogP contribution in [-0.2, 0) is 0 Å². The van der Waals surface area contributed by atoms with Gasteiger partial charge in [-0.05, 0) is 24.6 Å². The summed E-state index contributed by atoms with van der Waals surface area (Å²) < 4.78 is 26.7. The van der Waals surface area contributed by atoms with E-state index >= 15 is 0 Å². The molecule has 1 atom stereocenters. The molecule has 0 saturated carbocycles. The van der Waals surface area contributed by atoms with E-state index in [1.54, 1.807) is 0 Å². The summed E-state index contributed by atoms with van der Waals surface area (Å²) in [6.07, 6.45) is 2.17. The number of nitrogens with zero attached hydrogens (tertiary/aromatic N) is 1. The molecule has 18 heavy (non-hydrogen) atoms. The van der Waals surface area contributed by atoms with Crippen molar-refractivity contribution in [3.63, 3.8) is 0 Å². The zero-order chi connectivity index (χ0) is 13.1. The summed E-state index contributed by atoms with van der Waals surface area (Å²) in [4.78, 5) is 7.02. The topological polar surface area (TPSA) is 48.9 Å². The summed E-state index contributed by atoms with van der Waals surface area (Å²) >= 11 is 0. The largest absolute Gasteiger partial charge is 0.396 e. The molecule has 0 aliphatic heterocycles. The van der Waals surface area contributed by atoms with Gasteiger partial charge in [-0.3, -0.25) is 0 Å². The van der Waals surface area contributed by atoms with Crippen LogP contribution in [0.4, 0.5) is 8.78 Å². The maximum Gasteiger partial charge on any atom is 0.132 e. The lowest BCUT2D eigenvalue weighted by atomic mass is 10.1. The molecule has 96 valence electrons. The predicted molar refractivity (Wildman–Crippen MR) is 64.1 cm³/mol. The van der Waals surface area contributed by atoms with Gasteiger partial charge in [-0.25, -0.2) is 13.8 Å². The summed E-state index contributed by atoms with van der Waals surface area (Å²) in [5.74, 6) is -0.547. The number of nitrogens with one attached hydrogen (secondary N) is 1. The van der Waals surface area contributed by atoms with Crippen molar-refractivity contribution in [3.8, 4) is 11.3 Å². The van der Waals surface area contributed by atoms with Crippen molar-refractivity contribution in [2.24, 2.45) is 0 Å². The molecule has 0 aliphatic carbocycles. The number of hydrogen-bond acceptors (Lipinski definition) is 2. The van der Waals surface area contributed by atoms with Crippen molar-refractivity contribution in [2.45, 2.75) is 19.3 Å². The van der Waals surface area contributed by atoms with Crippen molar-refractivity contribution in [1.82, 2.24) is 9.97 Å². The first-order chi connectivity index (χ1) is 8.65. The molecule has 0 amide bonds.